The number of rotatable bonds is 9. The molecular weight excluding hydrogens is 384 g/mol. The molecule has 0 heterocycles. The molecule has 7 heteroatoms. The zero-order valence-corrected chi connectivity index (χ0v) is 17.2. The van der Waals surface area contributed by atoms with E-state index in [4.69, 9.17) is 11.6 Å². The maximum Gasteiger partial charge on any atom is 0.235 e. The molecule has 146 valence electrons. The van der Waals surface area contributed by atoms with Crippen molar-refractivity contribution in [2.75, 3.05) is 19.3 Å². The van der Waals surface area contributed by atoms with Crippen molar-refractivity contribution in [1.29, 1.82) is 0 Å². The van der Waals surface area contributed by atoms with E-state index in [-0.39, 0.29) is 19.0 Å². The predicted molar refractivity (Wildman–Crippen MR) is 109 cm³/mol. The third-order valence-electron chi connectivity index (χ3n) is 4.18. The van der Waals surface area contributed by atoms with Crippen molar-refractivity contribution in [1.82, 2.24) is 9.62 Å². The first-order chi connectivity index (χ1) is 12.8. The summed E-state index contributed by atoms with van der Waals surface area (Å²) >= 11 is 6.10. The number of nitrogens with zero attached hydrogens (tertiary/aromatic N) is 1. The van der Waals surface area contributed by atoms with Gasteiger partial charge in [-0.3, -0.25) is 4.79 Å². The van der Waals surface area contributed by atoms with E-state index in [2.05, 4.69) is 29.6 Å². The van der Waals surface area contributed by atoms with Gasteiger partial charge in [-0.25, -0.2) is 8.42 Å². The van der Waals surface area contributed by atoms with Crippen LogP contribution >= 0.6 is 11.6 Å². The normalized spacial score (nSPS) is 11.6. The second-order valence-electron chi connectivity index (χ2n) is 6.56. The minimum atomic E-state index is -3.54. The summed E-state index contributed by atoms with van der Waals surface area (Å²) < 4.78 is 25.2. The van der Waals surface area contributed by atoms with Crippen LogP contribution in [-0.2, 0) is 27.8 Å². The van der Waals surface area contributed by atoms with Gasteiger partial charge < -0.3 is 5.32 Å². The Kier molecular flexibility index (Phi) is 7.83. The fourth-order valence-corrected chi connectivity index (χ4v) is 3.52. The molecule has 2 aromatic rings. The molecule has 0 aliphatic rings. The van der Waals surface area contributed by atoms with E-state index < -0.39 is 10.0 Å². The Morgan fingerprint density at radius 1 is 1.11 bits per heavy atom. The number of amides is 1. The number of benzene rings is 2. The lowest BCUT2D eigenvalue weighted by atomic mass is 10.1. The van der Waals surface area contributed by atoms with Crippen LogP contribution in [0.2, 0.25) is 5.02 Å². The molecule has 27 heavy (non-hydrogen) atoms. The Morgan fingerprint density at radius 3 is 2.41 bits per heavy atom. The second kappa shape index (κ2) is 9.88. The highest BCUT2D eigenvalue weighted by molar-refractivity contribution is 7.88. The summed E-state index contributed by atoms with van der Waals surface area (Å²) in [5.41, 5.74) is 3.09. The van der Waals surface area contributed by atoms with Gasteiger partial charge in [0.05, 0.1) is 12.8 Å². The molecule has 0 atom stereocenters. The number of carbonyl (C=O) groups excluding carboxylic acids is 1. The van der Waals surface area contributed by atoms with Gasteiger partial charge in [-0.1, -0.05) is 59.6 Å². The van der Waals surface area contributed by atoms with Crippen LogP contribution in [-0.4, -0.2) is 38.0 Å². The number of hydrogen-bond acceptors (Lipinski definition) is 3. The fourth-order valence-electron chi connectivity index (χ4n) is 2.60. The van der Waals surface area contributed by atoms with Gasteiger partial charge in [-0.05, 0) is 37.0 Å². The van der Waals surface area contributed by atoms with E-state index in [0.717, 1.165) is 23.4 Å². The van der Waals surface area contributed by atoms with Gasteiger partial charge in [0.25, 0.3) is 0 Å². The number of sulfonamides is 1. The smallest absolute Gasteiger partial charge is 0.235 e. The van der Waals surface area contributed by atoms with Crippen molar-refractivity contribution in [3.05, 3.63) is 70.2 Å². The number of nitrogens with one attached hydrogen (secondary N) is 1. The van der Waals surface area contributed by atoms with Gasteiger partial charge in [-0.15, -0.1) is 0 Å². The maximum absolute atomic E-state index is 12.2. The van der Waals surface area contributed by atoms with Crippen LogP contribution in [0.15, 0.2) is 48.5 Å². The lowest BCUT2D eigenvalue weighted by Crippen LogP contribution is -2.40. The van der Waals surface area contributed by atoms with Gasteiger partial charge >= 0.3 is 0 Å². The molecule has 0 unspecified atom stereocenters. The SMILES string of the molecule is Cc1ccc(CCCNC(=O)CN(Cc2ccccc2Cl)S(C)(=O)=O)cc1. The molecule has 0 saturated carbocycles. The second-order valence-corrected chi connectivity index (χ2v) is 8.95. The molecule has 1 N–H and O–H groups in total. The minimum absolute atomic E-state index is 0.0648. The highest BCUT2D eigenvalue weighted by atomic mass is 35.5. The largest absolute Gasteiger partial charge is 0.355 e. The predicted octanol–water partition coefficient (Wildman–Crippen LogP) is 3.16. The zero-order valence-electron chi connectivity index (χ0n) is 15.6. The summed E-state index contributed by atoms with van der Waals surface area (Å²) in [5, 5.41) is 3.27. The quantitative estimate of drug-likeness (QED) is 0.648. The number of halogens is 1. The average molecular weight is 409 g/mol. The number of hydrogen-bond donors (Lipinski definition) is 1. The summed E-state index contributed by atoms with van der Waals surface area (Å²) in [6.45, 7) is 2.38. The van der Waals surface area contributed by atoms with Crippen molar-refractivity contribution >= 4 is 27.5 Å². The standard InChI is InChI=1S/C20H25ClN2O3S/c1-16-9-11-17(12-10-16)6-5-13-22-20(24)15-23(27(2,25)26)14-18-7-3-4-8-19(18)21/h3-4,7-12H,5-6,13-15H2,1-2H3,(H,22,24). The van der Waals surface area contributed by atoms with Crippen LogP contribution in [0, 0.1) is 6.92 Å². The lowest BCUT2D eigenvalue weighted by molar-refractivity contribution is -0.121. The Labute approximate surface area is 166 Å². The lowest BCUT2D eigenvalue weighted by Gasteiger charge is -2.20. The molecule has 0 fully saturated rings. The molecule has 0 bridgehead atoms. The maximum atomic E-state index is 12.2. The molecule has 0 radical (unpaired) electrons. The molecule has 0 saturated heterocycles. The molecule has 1 amide bonds. The van der Waals surface area contributed by atoms with Crippen LogP contribution in [0.1, 0.15) is 23.1 Å². The monoisotopic (exact) mass is 408 g/mol. The van der Waals surface area contributed by atoms with Crippen LogP contribution in [0.3, 0.4) is 0 Å². The molecule has 5 nitrogen and oxygen atoms in total. The van der Waals surface area contributed by atoms with Gasteiger partial charge in [0.1, 0.15) is 0 Å². The summed E-state index contributed by atoms with van der Waals surface area (Å²) in [4.78, 5) is 12.2. The highest BCUT2D eigenvalue weighted by Crippen LogP contribution is 2.18. The summed E-state index contributed by atoms with van der Waals surface area (Å²) in [5.74, 6) is -0.323. The Hall–Kier alpha value is -1.89. The van der Waals surface area contributed by atoms with Crippen LogP contribution < -0.4 is 5.32 Å². The molecule has 0 aromatic heterocycles. The third kappa shape index (κ3) is 7.33. The van der Waals surface area contributed by atoms with Crippen molar-refractivity contribution in [2.45, 2.75) is 26.3 Å². The van der Waals surface area contributed by atoms with E-state index >= 15 is 0 Å². The van der Waals surface area contributed by atoms with Crippen LogP contribution in [0.5, 0.6) is 0 Å². The third-order valence-corrected chi connectivity index (χ3v) is 5.74. The molecule has 2 rings (SSSR count). The van der Waals surface area contributed by atoms with Gasteiger partial charge in [0.2, 0.25) is 15.9 Å². The van der Waals surface area contributed by atoms with Crippen molar-refractivity contribution in [3.63, 3.8) is 0 Å². The Morgan fingerprint density at radius 2 is 1.78 bits per heavy atom. The molecular formula is C20H25ClN2O3S. The molecule has 0 spiro atoms. The first-order valence-corrected chi connectivity index (χ1v) is 11.0. The van der Waals surface area contributed by atoms with Crippen molar-refractivity contribution in [3.8, 4) is 0 Å². The minimum Gasteiger partial charge on any atom is -0.355 e. The number of aryl methyl sites for hydroxylation is 2. The van der Waals surface area contributed by atoms with E-state index in [1.807, 2.05) is 6.92 Å². The van der Waals surface area contributed by atoms with Crippen molar-refractivity contribution in [2.24, 2.45) is 0 Å². The molecule has 2 aromatic carbocycles. The van der Waals surface area contributed by atoms with Gasteiger partial charge in [0, 0.05) is 18.1 Å². The Bertz CT molecular complexity index is 867. The van der Waals surface area contributed by atoms with E-state index in [0.29, 0.717) is 17.1 Å². The first kappa shape index (κ1) is 21.4. The van der Waals surface area contributed by atoms with Gasteiger partial charge in [0.15, 0.2) is 0 Å². The highest BCUT2D eigenvalue weighted by Gasteiger charge is 2.21. The molecule has 0 aliphatic carbocycles. The zero-order chi connectivity index (χ0) is 19.9. The van der Waals surface area contributed by atoms with Crippen LogP contribution in [0.25, 0.3) is 0 Å². The van der Waals surface area contributed by atoms with E-state index in [1.165, 1.54) is 11.1 Å². The summed E-state index contributed by atoms with van der Waals surface area (Å²) in [6, 6.07) is 15.3. The van der Waals surface area contributed by atoms with Crippen LogP contribution in [0.4, 0.5) is 0 Å². The Balaban J connectivity index is 1.85. The average Bonchev–Trinajstić information content (AvgIpc) is 2.60. The summed E-state index contributed by atoms with van der Waals surface area (Å²) in [6.07, 6.45) is 2.74. The summed E-state index contributed by atoms with van der Waals surface area (Å²) in [7, 11) is -3.54. The fraction of sp³-hybridized carbons (Fsp3) is 0.350. The van der Waals surface area contributed by atoms with E-state index in [1.54, 1.807) is 24.3 Å². The van der Waals surface area contributed by atoms with Crippen molar-refractivity contribution < 1.29 is 13.2 Å². The topological polar surface area (TPSA) is 66.5 Å². The van der Waals surface area contributed by atoms with E-state index in [9.17, 15) is 13.2 Å². The number of carbonyl (C=O) groups is 1. The molecule has 0 aliphatic heterocycles. The first-order valence-electron chi connectivity index (χ1n) is 8.76. The van der Waals surface area contributed by atoms with Gasteiger partial charge in [-0.2, -0.15) is 4.31 Å².